The van der Waals surface area contributed by atoms with Crippen LogP contribution < -0.4 is 11.5 Å². The van der Waals surface area contributed by atoms with Gasteiger partial charge in [0.25, 0.3) is 0 Å². The molecule has 0 heterocycles. The van der Waals surface area contributed by atoms with Gasteiger partial charge in [0.2, 0.25) is 11.6 Å². The first kappa shape index (κ1) is 16.5. The Hall–Kier alpha value is -3.40. The van der Waals surface area contributed by atoms with Gasteiger partial charge in [-0.2, -0.15) is 0 Å². The molecule has 0 fully saturated rings. The van der Waals surface area contributed by atoms with Gasteiger partial charge in [-0.1, -0.05) is 60.7 Å². The van der Waals surface area contributed by atoms with Crippen LogP contribution in [0.25, 0.3) is 11.1 Å². The van der Waals surface area contributed by atoms with Gasteiger partial charge in [0, 0.05) is 11.1 Å². The molecule has 3 rings (SSSR count). The predicted octanol–water partition coefficient (Wildman–Crippen LogP) is 3.89. The molecule has 0 spiro atoms. The van der Waals surface area contributed by atoms with Gasteiger partial charge in [-0.3, -0.25) is 9.59 Å². The summed E-state index contributed by atoms with van der Waals surface area (Å²) in [6.07, 6.45) is 0. The van der Waals surface area contributed by atoms with Crippen molar-refractivity contribution in [2.24, 2.45) is 0 Å². The lowest BCUT2D eigenvalue weighted by atomic mass is 9.95. The highest BCUT2D eigenvalue weighted by atomic mass is 16.2. The van der Waals surface area contributed by atoms with Gasteiger partial charge in [0.05, 0.1) is 11.4 Å². The minimum absolute atomic E-state index is 0.360. The lowest BCUT2D eigenvalue weighted by Gasteiger charge is -2.11. The lowest BCUT2D eigenvalue weighted by molar-refractivity contribution is 0.0817. The molecule has 0 radical (unpaired) electrons. The number of carbonyl (C=O) groups is 2. The van der Waals surface area contributed by atoms with Gasteiger partial charge in [0.1, 0.15) is 0 Å². The molecule has 0 aliphatic carbocycles. The van der Waals surface area contributed by atoms with Crippen molar-refractivity contribution in [3.63, 3.8) is 0 Å². The Morgan fingerprint density at radius 1 is 0.720 bits per heavy atom. The van der Waals surface area contributed by atoms with Crippen LogP contribution in [0.1, 0.15) is 26.3 Å². The zero-order valence-electron chi connectivity index (χ0n) is 13.8. The molecular weight excluding hydrogens is 312 g/mol. The fraction of sp³-hybridized carbons (Fsp3) is 0.0476. The quantitative estimate of drug-likeness (QED) is 0.431. The average Bonchev–Trinajstić information content (AvgIpc) is 2.66. The number of rotatable bonds is 4. The third kappa shape index (κ3) is 3.15. The minimum Gasteiger partial charge on any atom is -0.397 e. The number of carbonyl (C=O) groups excluding carboxylic acids is 2. The van der Waals surface area contributed by atoms with E-state index < -0.39 is 11.6 Å². The fourth-order valence-corrected chi connectivity index (χ4v) is 2.72. The van der Waals surface area contributed by atoms with E-state index in [4.69, 9.17) is 11.5 Å². The summed E-state index contributed by atoms with van der Waals surface area (Å²) in [4.78, 5) is 24.6. The zero-order chi connectivity index (χ0) is 18.0. The second-order valence-corrected chi connectivity index (χ2v) is 5.84. The van der Waals surface area contributed by atoms with E-state index in [2.05, 4.69) is 0 Å². The Labute approximate surface area is 146 Å². The van der Waals surface area contributed by atoms with Gasteiger partial charge in [0.15, 0.2) is 0 Å². The Morgan fingerprint density at radius 3 is 1.88 bits per heavy atom. The van der Waals surface area contributed by atoms with Crippen molar-refractivity contribution in [2.75, 3.05) is 11.5 Å². The number of benzene rings is 3. The molecule has 0 saturated carbocycles. The molecule has 0 aliphatic rings. The summed E-state index contributed by atoms with van der Waals surface area (Å²) < 4.78 is 0. The summed E-state index contributed by atoms with van der Waals surface area (Å²) in [6.45, 7) is 1.90. The van der Waals surface area contributed by atoms with E-state index in [0.29, 0.717) is 22.5 Å². The standard InChI is InChI=1S/C21H18N2O2/c1-13-17(11-12-18(22)19(13)23)14-7-9-16(10-8-14)21(25)20(24)15-5-3-2-4-6-15/h2-12H,22-23H2,1H3. The van der Waals surface area contributed by atoms with Crippen molar-refractivity contribution in [1.82, 2.24) is 0 Å². The van der Waals surface area contributed by atoms with Crippen molar-refractivity contribution in [3.05, 3.63) is 83.4 Å². The lowest BCUT2D eigenvalue weighted by Crippen LogP contribution is -2.14. The summed E-state index contributed by atoms with van der Waals surface area (Å²) in [5.41, 5.74) is 16.4. The third-order valence-corrected chi connectivity index (χ3v) is 4.25. The first-order valence-electron chi connectivity index (χ1n) is 7.88. The van der Waals surface area contributed by atoms with Gasteiger partial charge >= 0.3 is 0 Å². The molecule has 4 N–H and O–H groups in total. The molecule has 0 aliphatic heterocycles. The second kappa shape index (κ2) is 6.61. The van der Waals surface area contributed by atoms with Crippen LogP contribution in [0.5, 0.6) is 0 Å². The van der Waals surface area contributed by atoms with Crippen molar-refractivity contribution >= 4 is 22.9 Å². The van der Waals surface area contributed by atoms with Gasteiger partial charge in [-0.05, 0) is 29.7 Å². The van der Waals surface area contributed by atoms with E-state index in [-0.39, 0.29) is 0 Å². The molecule has 4 nitrogen and oxygen atoms in total. The molecule has 0 amide bonds. The molecular formula is C21H18N2O2. The molecule has 25 heavy (non-hydrogen) atoms. The second-order valence-electron chi connectivity index (χ2n) is 5.84. The highest BCUT2D eigenvalue weighted by Crippen LogP contribution is 2.31. The third-order valence-electron chi connectivity index (χ3n) is 4.25. The summed E-state index contributed by atoms with van der Waals surface area (Å²) >= 11 is 0. The molecule has 124 valence electrons. The molecule has 3 aromatic carbocycles. The maximum Gasteiger partial charge on any atom is 0.233 e. The van der Waals surface area contributed by atoms with Crippen LogP contribution in [0.2, 0.25) is 0 Å². The van der Waals surface area contributed by atoms with Crippen molar-refractivity contribution in [3.8, 4) is 11.1 Å². The minimum atomic E-state index is -0.522. The van der Waals surface area contributed by atoms with Crippen LogP contribution in [0.3, 0.4) is 0 Å². The first-order valence-corrected chi connectivity index (χ1v) is 7.88. The van der Waals surface area contributed by atoms with E-state index in [1.165, 1.54) is 0 Å². The highest BCUT2D eigenvalue weighted by molar-refractivity contribution is 6.49. The number of hydrogen-bond acceptors (Lipinski definition) is 4. The largest absolute Gasteiger partial charge is 0.397 e. The zero-order valence-corrected chi connectivity index (χ0v) is 13.8. The van der Waals surface area contributed by atoms with E-state index in [9.17, 15) is 9.59 Å². The Morgan fingerprint density at radius 2 is 1.28 bits per heavy atom. The monoisotopic (exact) mass is 330 g/mol. The summed E-state index contributed by atoms with van der Waals surface area (Å²) in [5.74, 6) is -1.03. The number of Topliss-reactive ketones (excluding diaryl/α,β-unsaturated/α-hetero) is 2. The van der Waals surface area contributed by atoms with Gasteiger partial charge in [-0.25, -0.2) is 0 Å². The number of ketones is 2. The van der Waals surface area contributed by atoms with Crippen molar-refractivity contribution in [1.29, 1.82) is 0 Å². The van der Waals surface area contributed by atoms with Crippen LogP contribution in [0, 0.1) is 6.92 Å². The normalized spacial score (nSPS) is 10.4. The highest BCUT2D eigenvalue weighted by Gasteiger charge is 2.18. The number of anilines is 2. The van der Waals surface area contributed by atoms with E-state index in [0.717, 1.165) is 16.7 Å². The predicted molar refractivity (Wildman–Crippen MR) is 101 cm³/mol. The summed E-state index contributed by atoms with van der Waals surface area (Å²) in [7, 11) is 0. The topological polar surface area (TPSA) is 86.2 Å². The van der Waals surface area contributed by atoms with E-state index in [1.807, 2.05) is 25.1 Å². The van der Waals surface area contributed by atoms with Crippen molar-refractivity contribution < 1.29 is 9.59 Å². The van der Waals surface area contributed by atoms with E-state index in [1.54, 1.807) is 48.5 Å². The maximum atomic E-state index is 12.4. The molecule has 0 saturated heterocycles. The molecule has 0 atom stereocenters. The van der Waals surface area contributed by atoms with Crippen LogP contribution in [0.4, 0.5) is 11.4 Å². The fourth-order valence-electron chi connectivity index (χ4n) is 2.72. The molecule has 4 heteroatoms. The molecule has 0 unspecified atom stereocenters. The average molecular weight is 330 g/mol. The van der Waals surface area contributed by atoms with Gasteiger partial charge in [-0.15, -0.1) is 0 Å². The Balaban J connectivity index is 1.89. The van der Waals surface area contributed by atoms with Crippen LogP contribution >= 0.6 is 0 Å². The van der Waals surface area contributed by atoms with Gasteiger partial charge < -0.3 is 11.5 Å². The number of nitrogens with two attached hydrogens (primary N) is 2. The summed E-state index contributed by atoms with van der Waals surface area (Å²) in [5, 5.41) is 0. The smallest absolute Gasteiger partial charge is 0.233 e. The molecule has 0 bridgehead atoms. The number of nitrogen functional groups attached to an aromatic ring is 2. The number of hydrogen-bond donors (Lipinski definition) is 2. The molecule has 3 aromatic rings. The van der Waals surface area contributed by atoms with E-state index >= 15 is 0 Å². The van der Waals surface area contributed by atoms with Crippen LogP contribution in [0.15, 0.2) is 66.7 Å². The Kier molecular flexibility index (Phi) is 4.35. The Bertz CT molecular complexity index is 946. The summed E-state index contributed by atoms with van der Waals surface area (Å²) in [6, 6.07) is 19.1. The maximum absolute atomic E-state index is 12.4. The SMILES string of the molecule is Cc1c(-c2ccc(C(=O)C(=O)c3ccccc3)cc2)ccc(N)c1N. The molecule has 0 aromatic heterocycles. The van der Waals surface area contributed by atoms with Crippen molar-refractivity contribution in [2.45, 2.75) is 6.92 Å². The van der Waals surface area contributed by atoms with Crippen LogP contribution in [-0.2, 0) is 0 Å². The first-order chi connectivity index (χ1) is 12.0. The van der Waals surface area contributed by atoms with Crippen LogP contribution in [-0.4, -0.2) is 11.6 Å².